The van der Waals surface area contributed by atoms with Gasteiger partial charge in [0.15, 0.2) is 11.5 Å². The molecule has 0 saturated heterocycles. The zero-order valence-electron chi connectivity index (χ0n) is 13.0. The van der Waals surface area contributed by atoms with Gasteiger partial charge < -0.3 is 15.2 Å². The van der Waals surface area contributed by atoms with Crippen LogP contribution < -0.4 is 15.2 Å². The summed E-state index contributed by atoms with van der Waals surface area (Å²) in [4.78, 5) is 0. The summed E-state index contributed by atoms with van der Waals surface area (Å²) in [5.74, 6) is 2.12. The van der Waals surface area contributed by atoms with E-state index in [-0.39, 0.29) is 6.04 Å². The Balaban J connectivity index is 1.71. The van der Waals surface area contributed by atoms with Crippen molar-refractivity contribution in [3.05, 3.63) is 59.7 Å². The quantitative estimate of drug-likeness (QED) is 0.874. The van der Waals surface area contributed by atoms with Crippen molar-refractivity contribution >= 4 is 0 Å². The van der Waals surface area contributed by atoms with Crippen LogP contribution >= 0.6 is 0 Å². The SMILES string of the molecule is COc1cc([C@@H](N)C2CCC2)ccc1OCc1ccccc1. The van der Waals surface area contributed by atoms with Crippen LogP contribution in [0.1, 0.15) is 36.4 Å². The van der Waals surface area contributed by atoms with Crippen molar-refractivity contribution in [2.75, 3.05) is 7.11 Å². The average Bonchev–Trinajstić information content (AvgIpc) is 2.52. The van der Waals surface area contributed by atoms with Gasteiger partial charge in [0.1, 0.15) is 6.61 Å². The molecule has 2 aromatic rings. The van der Waals surface area contributed by atoms with Gasteiger partial charge in [-0.2, -0.15) is 0 Å². The fraction of sp³-hybridized carbons (Fsp3) is 0.368. The molecule has 116 valence electrons. The molecule has 1 saturated carbocycles. The molecule has 1 atom stereocenters. The van der Waals surface area contributed by atoms with E-state index in [2.05, 4.69) is 6.07 Å². The first kappa shape index (κ1) is 14.9. The maximum Gasteiger partial charge on any atom is 0.161 e. The average molecular weight is 297 g/mol. The topological polar surface area (TPSA) is 44.5 Å². The molecule has 0 amide bonds. The van der Waals surface area contributed by atoms with Gasteiger partial charge >= 0.3 is 0 Å². The minimum Gasteiger partial charge on any atom is -0.493 e. The van der Waals surface area contributed by atoms with Crippen LogP contribution in [0.5, 0.6) is 11.5 Å². The normalized spacial score (nSPS) is 15.9. The Kier molecular flexibility index (Phi) is 4.64. The molecule has 0 aliphatic heterocycles. The predicted octanol–water partition coefficient (Wildman–Crippen LogP) is 4.07. The number of rotatable bonds is 6. The molecule has 0 radical (unpaired) electrons. The Morgan fingerprint density at radius 1 is 1.09 bits per heavy atom. The van der Waals surface area contributed by atoms with Gasteiger partial charge in [0.2, 0.25) is 0 Å². The van der Waals surface area contributed by atoms with Gasteiger partial charge in [0, 0.05) is 6.04 Å². The highest BCUT2D eigenvalue weighted by Gasteiger charge is 2.26. The standard InChI is InChI=1S/C19H23NO2/c1-21-18-12-16(19(20)15-8-5-9-15)10-11-17(18)22-13-14-6-3-2-4-7-14/h2-4,6-7,10-12,15,19H,5,8-9,13,20H2,1H3/t19-/m0/s1. The molecule has 3 heteroatoms. The third-order valence-electron chi connectivity index (χ3n) is 4.47. The molecule has 2 N–H and O–H groups in total. The first-order chi connectivity index (χ1) is 10.8. The molecule has 0 aromatic heterocycles. The van der Waals surface area contributed by atoms with Crippen LogP contribution in [0, 0.1) is 5.92 Å². The van der Waals surface area contributed by atoms with E-state index in [9.17, 15) is 0 Å². The van der Waals surface area contributed by atoms with E-state index in [1.807, 2.05) is 42.5 Å². The second-order valence-electron chi connectivity index (χ2n) is 5.90. The number of hydrogen-bond donors (Lipinski definition) is 1. The summed E-state index contributed by atoms with van der Waals surface area (Å²) in [6.07, 6.45) is 3.76. The highest BCUT2D eigenvalue weighted by atomic mass is 16.5. The maximum absolute atomic E-state index is 6.34. The van der Waals surface area contributed by atoms with E-state index in [0.717, 1.165) is 22.6 Å². The molecular weight excluding hydrogens is 274 g/mol. The number of ether oxygens (including phenoxy) is 2. The summed E-state index contributed by atoms with van der Waals surface area (Å²) < 4.78 is 11.4. The molecule has 0 spiro atoms. The second kappa shape index (κ2) is 6.84. The number of methoxy groups -OCH3 is 1. The van der Waals surface area contributed by atoms with E-state index in [1.54, 1.807) is 7.11 Å². The largest absolute Gasteiger partial charge is 0.493 e. The summed E-state index contributed by atoms with van der Waals surface area (Å²) in [5.41, 5.74) is 8.61. The van der Waals surface area contributed by atoms with Gasteiger partial charge in [-0.25, -0.2) is 0 Å². The van der Waals surface area contributed by atoms with Crippen molar-refractivity contribution in [2.24, 2.45) is 11.7 Å². The van der Waals surface area contributed by atoms with E-state index in [0.29, 0.717) is 12.5 Å². The van der Waals surface area contributed by atoms with Gasteiger partial charge in [-0.15, -0.1) is 0 Å². The van der Waals surface area contributed by atoms with Crippen LogP contribution in [-0.4, -0.2) is 7.11 Å². The summed E-state index contributed by atoms with van der Waals surface area (Å²) in [5, 5.41) is 0. The molecular formula is C19H23NO2. The fourth-order valence-corrected chi connectivity index (χ4v) is 2.82. The number of benzene rings is 2. The Bertz CT molecular complexity index is 608. The summed E-state index contributed by atoms with van der Waals surface area (Å²) >= 11 is 0. The minimum absolute atomic E-state index is 0.103. The van der Waals surface area contributed by atoms with E-state index in [4.69, 9.17) is 15.2 Å². The van der Waals surface area contributed by atoms with Crippen LogP contribution in [0.25, 0.3) is 0 Å². The van der Waals surface area contributed by atoms with Gasteiger partial charge in [0.25, 0.3) is 0 Å². The van der Waals surface area contributed by atoms with Crippen molar-refractivity contribution in [1.29, 1.82) is 0 Å². The van der Waals surface area contributed by atoms with E-state index >= 15 is 0 Å². The van der Waals surface area contributed by atoms with Gasteiger partial charge in [0.05, 0.1) is 7.11 Å². The molecule has 1 fully saturated rings. The lowest BCUT2D eigenvalue weighted by Crippen LogP contribution is -2.26. The van der Waals surface area contributed by atoms with Crippen molar-refractivity contribution in [3.63, 3.8) is 0 Å². The van der Waals surface area contributed by atoms with Crippen molar-refractivity contribution < 1.29 is 9.47 Å². The molecule has 0 unspecified atom stereocenters. The Hall–Kier alpha value is -2.00. The molecule has 3 nitrogen and oxygen atoms in total. The van der Waals surface area contributed by atoms with Gasteiger partial charge in [-0.1, -0.05) is 42.8 Å². The third-order valence-corrected chi connectivity index (χ3v) is 4.47. The molecule has 2 aromatic carbocycles. The van der Waals surface area contributed by atoms with Crippen molar-refractivity contribution in [3.8, 4) is 11.5 Å². The fourth-order valence-electron chi connectivity index (χ4n) is 2.82. The van der Waals surface area contributed by atoms with Crippen LogP contribution in [0.4, 0.5) is 0 Å². The monoisotopic (exact) mass is 297 g/mol. The lowest BCUT2D eigenvalue weighted by molar-refractivity contribution is 0.262. The number of nitrogens with two attached hydrogens (primary N) is 1. The molecule has 0 heterocycles. The highest BCUT2D eigenvalue weighted by molar-refractivity contribution is 5.44. The molecule has 22 heavy (non-hydrogen) atoms. The predicted molar refractivity (Wildman–Crippen MR) is 88.0 cm³/mol. The maximum atomic E-state index is 6.34. The Morgan fingerprint density at radius 3 is 2.50 bits per heavy atom. The van der Waals surface area contributed by atoms with Crippen LogP contribution in [0.2, 0.25) is 0 Å². The molecule has 1 aliphatic carbocycles. The van der Waals surface area contributed by atoms with Crippen LogP contribution in [0.15, 0.2) is 48.5 Å². The smallest absolute Gasteiger partial charge is 0.161 e. The summed E-state index contributed by atoms with van der Waals surface area (Å²) in [7, 11) is 1.67. The highest BCUT2D eigenvalue weighted by Crippen LogP contribution is 2.38. The summed E-state index contributed by atoms with van der Waals surface area (Å²) in [6.45, 7) is 0.533. The Labute approximate surface area is 132 Å². The van der Waals surface area contributed by atoms with Crippen molar-refractivity contribution in [2.45, 2.75) is 31.9 Å². The number of hydrogen-bond acceptors (Lipinski definition) is 3. The first-order valence-electron chi connectivity index (χ1n) is 7.88. The zero-order valence-corrected chi connectivity index (χ0v) is 13.0. The second-order valence-corrected chi connectivity index (χ2v) is 5.90. The lowest BCUT2D eigenvalue weighted by Gasteiger charge is -2.31. The van der Waals surface area contributed by atoms with Crippen LogP contribution in [0.3, 0.4) is 0 Å². The van der Waals surface area contributed by atoms with E-state index < -0.39 is 0 Å². The van der Waals surface area contributed by atoms with Gasteiger partial charge in [-0.05, 0) is 42.0 Å². The molecule has 0 bridgehead atoms. The lowest BCUT2D eigenvalue weighted by atomic mass is 9.77. The molecule has 1 aliphatic rings. The van der Waals surface area contributed by atoms with Gasteiger partial charge in [-0.3, -0.25) is 0 Å². The third kappa shape index (κ3) is 3.25. The Morgan fingerprint density at radius 2 is 1.86 bits per heavy atom. The molecule has 3 rings (SSSR count). The first-order valence-corrected chi connectivity index (χ1v) is 7.88. The van der Waals surface area contributed by atoms with Crippen LogP contribution in [-0.2, 0) is 6.61 Å². The van der Waals surface area contributed by atoms with Crippen molar-refractivity contribution in [1.82, 2.24) is 0 Å². The zero-order chi connectivity index (χ0) is 15.4. The van der Waals surface area contributed by atoms with E-state index in [1.165, 1.54) is 19.3 Å². The summed E-state index contributed by atoms with van der Waals surface area (Å²) in [6, 6.07) is 16.3. The minimum atomic E-state index is 0.103.